The highest BCUT2D eigenvalue weighted by Gasteiger charge is 2.20. The van der Waals surface area contributed by atoms with Gasteiger partial charge in [-0.2, -0.15) is 5.10 Å². The maximum absolute atomic E-state index is 14.9. The second kappa shape index (κ2) is 9.35. The van der Waals surface area contributed by atoms with Crippen LogP contribution in [0.15, 0.2) is 73.2 Å². The van der Waals surface area contributed by atoms with Crippen LogP contribution < -0.4 is 10.5 Å². The molecule has 0 unspecified atom stereocenters. The van der Waals surface area contributed by atoms with Crippen molar-refractivity contribution >= 4 is 11.8 Å². The maximum atomic E-state index is 14.9. The third kappa shape index (κ3) is 4.34. The van der Waals surface area contributed by atoms with Crippen molar-refractivity contribution in [2.45, 2.75) is 19.3 Å². The molecule has 0 saturated carbocycles. The smallest absolute Gasteiger partial charge is 0.410 e. The number of benzene rings is 2. The molecular weight excluding hydrogens is 433 g/mol. The Balaban J connectivity index is 1.46. The molecular formula is C26H24FN5O2. The number of nitrogen functional groups attached to an aromatic ring is 1. The Kier molecular flexibility index (Phi) is 5.95. The van der Waals surface area contributed by atoms with E-state index in [9.17, 15) is 9.18 Å². The molecule has 7 nitrogen and oxygen atoms in total. The molecule has 0 atom stereocenters. The minimum Gasteiger partial charge on any atom is -0.410 e. The van der Waals surface area contributed by atoms with E-state index in [1.165, 1.54) is 6.07 Å². The van der Waals surface area contributed by atoms with E-state index >= 15 is 0 Å². The average molecular weight is 458 g/mol. The molecule has 2 aromatic carbocycles. The van der Waals surface area contributed by atoms with Crippen molar-refractivity contribution in [3.8, 4) is 33.8 Å². The quantitative estimate of drug-likeness (QED) is 0.420. The fourth-order valence-corrected chi connectivity index (χ4v) is 4.09. The summed E-state index contributed by atoms with van der Waals surface area (Å²) >= 11 is 0. The molecule has 0 aliphatic carbocycles. The van der Waals surface area contributed by atoms with Gasteiger partial charge in [0, 0.05) is 48.4 Å². The van der Waals surface area contributed by atoms with Crippen LogP contribution >= 0.6 is 0 Å². The Morgan fingerprint density at radius 3 is 2.41 bits per heavy atom. The number of hydrogen-bond acceptors (Lipinski definition) is 5. The number of piperidine rings is 1. The molecule has 1 aliphatic heterocycles. The number of hydrogen-bond donors (Lipinski definition) is 1. The van der Waals surface area contributed by atoms with Crippen molar-refractivity contribution in [1.29, 1.82) is 0 Å². The van der Waals surface area contributed by atoms with Crippen LogP contribution in [0.25, 0.3) is 28.1 Å². The van der Waals surface area contributed by atoms with E-state index < -0.39 is 5.82 Å². The standard InChI is InChI=1S/C26H24FN5O2/c27-24-21(5-4-6-23(24)28)22-17-32(30-25(22)18-11-13-29-14-12-18)19-7-9-20(10-8-19)34-26(33)31-15-2-1-3-16-31/h4-14,17H,1-3,15-16,28H2. The number of aromatic nitrogens is 3. The zero-order chi connectivity index (χ0) is 23.5. The first-order valence-corrected chi connectivity index (χ1v) is 11.2. The zero-order valence-electron chi connectivity index (χ0n) is 18.5. The Morgan fingerprint density at radius 2 is 1.68 bits per heavy atom. The predicted molar refractivity (Wildman–Crippen MR) is 128 cm³/mol. The lowest BCUT2D eigenvalue weighted by Crippen LogP contribution is -2.37. The highest BCUT2D eigenvalue weighted by Crippen LogP contribution is 2.35. The highest BCUT2D eigenvalue weighted by atomic mass is 19.1. The van der Waals surface area contributed by atoms with Crippen molar-refractivity contribution in [1.82, 2.24) is 19.7 Å². The van der Waals surface area contributed by atoms with E-state index in [0.29, 0.717) is 22.6 Å². The van der Waals surface area contributed by atoms with Gasteiger partial charge >= 0.3 is 6.09 Å². The summed E-state index contributed by atoms with van der Waals surface area (Å²) in [6.07, 6.45) is 7.92. The number of rotatable bonds is 4. The first kappa shape index (κ1) is 21.6. The SMILES string of the molecule is Nc1cccc(-c2cn(-c3ccc(OC(=O)N4CCCCC4)cc3)nc2-c2ccncc2)c1F. The van der Waals surface area contributed by atoms with Gasteiger partial charge in [0.15, 0.2) is 5.82 Å². The molecule has 0 bridgehead atoms. The largest absolute Gasteiger partial charge is 0.415 e. The van der Waals surface area contributed by atoms with Crippen LogP contribution in [-0.4, -0.2) is 38.8 Å². The van der Waals surface area contributed by atoms with Gasteiger partial charge in [-0.3, -0.25) is 4.98 Å². The molecule has 1 amide bonds. The number of amides is 1. The van der Waals surface area contributed by atoms with Crippen molar-refractivity contribution in [3.05, 3.63) is 79.0 Å². The number of likely N-dealkylation sites (tertiary alicyclic amines) is 1. The summed E-state index contributed by atoms with van der Waals surface area (Å²) in [5.74, 6) is -0.0275. The minimum absolute atomic E-state index is 0.0748. The maximum Gasteiger partial charge on any atom is 0.415 e. The lowest BCUT2D eigenvalue weighted by atomic mass is 10.0. The molecule has 1 fully saturated rings. The van der Waals surface area contributed by atoms with Gasteiger partial charge < -0.3 is 15.4 Å². The Hall–Kier alpha value is -4.20. The number of halogens is 1. The van der Waals surface area contributed by atoms with Gasteiger partial charge in [-0.1, -0.05) is 12.1 Å². The second-order valence-corrected chi connectivity index (χ2v) is 8.19. The molecule has 8 heteroatoms. The van der Waals surface area contributed by atoms with E-state index in [1.807, 2.05) is 24.3 Å². The molecule has 172 valence electrons. The molecule has 5 rings (SSSR count). The number of nitrogens with two attached hydrogens (primary N) is 1. The molecule has 0 radical (unpaired) electrons. The summed E-state index contributed by atoms with van der Waals surface area (Å²) < 4.78 is 22.1. The van der Waals surface area contributed by atoms with Crippen LogP contribution in [0.5, 0.6) is 5.75 Å². The molecule has 1 saturated heterocycles. The summed E-state index contributed by atoms with van der Waals surface area (Å²) in [5, 5.41) is 4.73. The zero-order valence-corrected chi connectivity index (χ0v) is 18.5. The number of carbonyl (C=O) groups excluding carboxylic acids is 1. The van der Waals surface area contributed by atoms with Crippen molar-refractivity contribution in [3.63, 3.8) is 0 Å². The van der Waals surface area contributed by atoms with Crippen LogP contribution in [0.3, 0.4) is 0 Å². The highest BCUT2D eigenvalue weighted by molar-refractivity contribution is 5.82. The summed E-state index contributed by atoms with van der Waals surface area (Å²) in [6, 6.07) is 15.6. The minimum atomic E-state index is -0.489. The van der Waals surface area contributed by atoms with E-state index in [0.717, 1.165) is 43.6 Å². The van der Waals surface area contributed by atoms with Gasteiger partial charge in [-0.15, -0.1) is 0 Å². The normalized spacial score (nSPS) is 13.6. The predicted octanol–water partition coefficient (Wildman–Crippen LogP) is 5.31. The number of carbonyl (C=O) groups is 1. The topological polar surface area (TPSA) is 86.3 Å². The number of ether oxygens (including phenoxy) is 1. The number of anilines is 1. The van der Waals surface area contributed by atoms with Crippen LogP contribution in [0, 0.1) is 5.82 Å². The van der Waals surface area contributed by atoms with Crippen LogP contribution in [0.1, 0.15) is 19.3 Å². The van der Waals surface area contributed by atoms with Gasteiger partial charge in [0.1, 0.15) is 11.4 Å². The summed E-state index contributed by atoms with van der Waals surface area (Å²) in [5.41, 5.74) is 9.01. The first-order chi connectivity index (χ1) is 16.6. The molecule has 3 heterocycles. The van der Waals surface area contributed by atoms with E-state index in [1.54, 1.807) is 52.4 Å². The molecule has 4 aromatic rings. The van der Waals surface area contributed by atoms with E-state index in [4.69, 9.17) is 15.6 Å². The first-order valence-electron chi connectivity index (χ1n) is 11.2. The summed E-state index contributed by atoms with van der Waals surface area (Å²) in [6.45, 7) is 1.46. The third-order valence-electron chi connectivity index (χ3n) is 5.91. The summed E-state index contributed by atoms with van der Waals surface area (Å²) in [7, 11) is 0. The molecule has 2 aromatic heterocycles. The van der Waals surface area contributed by atoms with Crippen molar-refractivity contribution < 1.29 is 13.9 Å². The lowest BCUT2D eigenvalue weighted by Gasteiger charge is -2.25. The Bertz CT molecular complexity index is 1300. The Morgan fingerprint density at radius 1 is 0.941 bits per heavy atom. The lowest BCUT2D eigenvalue weighted by molar-refractivity contribution is 0.142. The fourth-order valence-electron chi connectivity index (χ4n) is 4.09. The van der Waals surface area contributed by atoms with Crippen LogP contribution in [0.4, 0.5) is 14.9 Å². The number of nitrogens with zero attached hydrogens (tertiary/aromatic N) is 4. The van der Waals surface area contributed by atoms with Gasteiger partial charge in [0.25, 0.3) is 0 Å². The van der Waals surface area contributed by atoms with Gasteiger partial charge in [0.05, 0.1) is 11.4 Å². The number of pyridine rings is 1. The fraction of sp³-hybridized carbons (Fsp3) is 0.192. The third-order valence-corrected chi connectivity index (χ3v) is 5.91. The molecule has 1 aliphatic rings. The van der Waals surface area contributed by atoms with E-state index in [-0.39, 0.29) is 11.8 Å². The molecule has 0 spiro atoms. The average Bonchev–Trinajstić information content (AvgIpc) is 3.32. The van der Waals surface area contributed by atoms with Crippen molar-refractivity contribution in [2.24, 2.45) is 0 Å². The van der Waals surface area contributed by atoms with Gasteiger partial charge in [-0.25, -0.2) is 13.9 Å². The monoisotopic (exact) mass is 457 g/mol. The van der Waals surface area contributed by atoms with Gasteiger partial charge in [0.2, 0.25) is 0 Å². The second-order valence-electron chi connectivity index (χ2n) is 8.19. The van der Waals surface area contributed by atoms with E-state index in [2.05, 4.69) is 4.98 Å². The van der Waals surface area contributed by atoms with Crippen LogP contribution in [-0.2, 0) is 0 Å². The Labute approximate surface area is 196 Å². The van der Waals surface area contributed by atoms with Crippen molar-refractivity contribution in [2.75, 3.05) is 18.8 Å². The van der Waals surface area contributed by atoms with Crippen LogP contribution in [0.2, 0.25) is 0 Å². The molecule has 34 heavy (non-hydrogen) atoms. The molecule has 2 N–H and O–H groups in total. The van der Waals surface area contributed by atoms with Gasteiger partial charge in [-0.05, 0) is 61.7 Å². The summed E-state index contributed by atoms with van der Waals surface area (Å²) in [4.78, 5) is 18.2.